The topological polar surface area (TPSA) is 59.3 Å². The summed E-state index contributed by atoms with van der Waals surface area (Å²) in [5.74, 6) is -0.259. The fourth-order valence-electron chi connectivity index (χ4n) is 2.79. The smallest absolute Gasteiger partial charge is 0.302 e. The summed E-state index contributed by atoms with van der Waals surface area (Å²) in [4.78, 5) is 11.0. The van der Waals surface area contributed by atoms with Crippen LogP contribution in [0.2, 0.25) is 19.6 Å². The number of ether oxygens (including phenoxy) is 1. The number of rotatable bonds is 6. The highest BCUT2D eigenvalue weighted by Gasteiger charge is 2.35. The minimum atomic E-state index is -1.73. The predicted molar refractivity (Wildman–Crippen MR) is 80.5 cm³/mol. The Morgan fingerprint density at radius 1 is 1.30 bits per heavy atom. The van der Waals surface area contributed by atoms with Gasteiger partial charge in [-0.3, -0.25) is 4.79 Å². The van der Waals surface area contributed by atoms with Crippen LogP contribution in [0.3, 0.4) is 0 Å². The SMILES string of the molecule is CC(=O)OC[C@@H](C#N)[C@@H](O[Si](C)(C)C)C1CCCCC1. The molecule has 0 spiro atoms. The maximum Gasteiger partial charge on any atom is 0.302 e. The second kappa shape index (κ2) is 7.80. The third-order valence-corrected chi connectivity index (χ3v) is 4.61. The average molecular weight is 297 g/mol. The van der Waals surface area contributed by atoms with Crippen molar-refractivity contribution in [3.8, 4) is 6.07 Å². The summed E-state index contributed by atoms with van der Waals surface area (Å²) >= 11 is 0. The summed E-state index contributed by atoms with van der Waals surface area (Å²) in [7, 11) is -1.73. The number of nitriles is 1. The van der Waals surface area contributed by atoms with Crippen molar-refractivity contribution < 1.29 is 14.0 Å². The maximum absolute atomic E-state index is 11.0. The molecule has 0 unspecified atom stereocenters. The van der Waals surface area contributed by atoms with Crippen LogP contribution in [-0.4, -0.2) is 27.0 Å². The molecule has 0 aromatic rings. The van der Waals surface area contributed by atoms with Crippen LogP contribution >= 0.6 is 0 Å². The van der Waals surface area contributed by atoms with Crippen molar-refractivity contribution in [3.05, 3.63) is 0 Å². The molecular formula is C15H27NO3Si. The third-order valence-electron chi connectivity index (χ3n) is 3.63. The van der Waals surface area contributed by atoms with E-state index in [1.54, 1.807) is 0 Å². The molecule has 0 heterocycles. The van der Waals surface area contributed by atoms with Gasteiger partial charge in [-0.25, -0.2) is 0 Å². The number of esters is 1. The Morgan fingerprint density at radius 3 is 2.35 bits per heavy atom. The first kappa shape index (κ1) is 17.2. The molecule has 0 N–H and O–H groups in total. The highest BCUT2D eigenvalue weighted by atomic mass is 28.4. The van der Waals surface area contributed by atoms with E-state index in [2.05, 4.69) is 25.7 Å². The first-order valence-electron chi connectivity index (χ1n) is 7.54. The average Bonchev–Trinajstić information content (AvgIpc) is 2.37. The molecule has 0 aromatic heterocycles. The Balaban J connectivity index is 2.77. The van der Waals surface area contributed by atoms with Crippen LogP contribution in [0.1, 0.15) is 39.0 Å². The molecule has 1 rings (SSSR count). The van der Waals surface area contributed by atoms with E-state index >= 15 is 0 Å². The van der Waals surface area contributed by atoms with Crippen molar-refractivity contribution in [3.63, 3.8) is 0 Å². The number of carbonyl (C=O) groups excluding carboxylic acids is 1. The fourth-order valence-corrected chi connectivity index (χ4v) is 3.96. The number of hydrogen-bond acceptors (Lipinski definition) is 4. The zero-order valence-electron chi connectivity index (χ0n) is 13.1. The molecule has 0 radical (unpaired) electrons. The summed E-state index contributed by atoms with van der Waals surface area (Å²) in [6.07, 6.45) is 5.84. The van der Waals surface area contributed by atoms with Crippen LogP contribution in [0.4, 0.5) is 0 Å². The Bertz CT molecular complexity index is 353. The largest absolute Gasteiger partial charge is 0.464 e. The molecule has 0 bridgehead atoms. The minimum absolute atomic E-state index is 0.0914. The van der Waals surface area contributed by atoms with E-state index < -0.39 is 8.32 Å². The molecule has 1 fully saturated rings. The molecule has 1 saturated carbocycles. The lowest BCUT2D eigenvalue weighted by molar-refractivity contribution is -0.142. The van der Waals surface area contributed by atoms with E-state index in [1.807, 2.05) is 0 Å². The van der Waals surface area contributed by atoms with E-state index in [4.69, 9.17) is 9.16 Å². The van der Waals surface area contributed by atoms with Gasteiger partial charge in [0.2, 0.25) is 0 Å². The van der Waals surface area contributed by atoms with Gasteiger partial charge in [0.15, 0.2) is 8.32 Å². The summed E-state index contributed by atoms with van der Waals surface area (Å²) < 4.78 is 11.3. The quantitative estimate of drug-likeness (QED) is 0.556. The first-order chi connectivity index (χ1) is 9.33. The van der Waals surface area contributed by atoms with E-state index in [-0.39, 0.29) is 24.6 Å². The zero-order chi connectivity index (χ0) is 15.2. The maximum atomic E-state index is 11.0. The van der Waals surface area contributed by atoms with Crippen LogP contribution in [0.25, 0.3) is 0 Å². The van der Waals surface area contributed by atoms with Crippen LogP contribution < -0.4 is 0 Å². The predicted octanol–water partition coefficient (Wildman–Crippen LogP) is 3.49. The number of hydrogen-bond donors (Lipinski definition) is 0. The van der Waals surface area contributed by atoms with Crippen LogP contribution in [-0.2, 0) is 14.0 Å². The lowest BCUT2D eigenvalue weighted by Gasteiger charge is -2.37. The van der Waals surface area contributed by atoms with Crippen molar-refractivity contribution in [2.45, 2.75) is 64.8 Å². The lowest BCUT2D eigenvalue weighted by atomic mass is 9.81. The van der Waals surface area contributed by atoms with Gasteiger partial charge in [0.1, 0.15) is 12.5 Å². The second-order valence-corrected chi connectivity index (χ2v) is 11.1. The van der Waals surface area contributed by atoms with Crippen LogP contribution in [0.15, 0.2) is 0 Å². The normalized spacial score (nSPS) is 19.9. The van der Waals surface area contributed by atoms with Gasteiger partial charge in [-0.05, 0) is 38.4 Å². The molecule has 0 saturated heterocycles. The van der Waals surface area contributed by atoms with Gasteiger partial charge >= 0.3 is 5.97 Å². The summed E-state index contributed by atoms with van der Waals surface area (Å²) in [5, 5.41) is 9.43. The monoisotopic (exact) mass is 297 g/mol. The standard InChI is InChI=1S/C15H27NO3Si/c1-12(17)18-11-14(10-16)15(19-20(2,3)4)13-8-6-5-7-9-13/h13-15H,5-9,11H2,1-4H3/t14-,15+/m1/s1. The van der Waals surface area contributed by atoms with Crippen molar-refractivity contribution in [2.75, 3.05) is 6.61 Å². The van der Waals surface area contributed by atoms with Crippen molar-refractivity contribution >= 4 is 14.3 Å². The molecule has 2 atom stereocenters. The van der Waals surface area contributed by atoms with Crippen molar-refractivity contribution in [1.29, 1.82) is 5.26 Å². The van der Waals surface area contributed by atoms with E-state index in [0.717, 1.165) is 12.8 Å². The lowest BCUT2D eigenvalue weighted by Crippen LogP contribution is -2.42. The molecule has 1 aliphatic rings. The van der Waals surface area contributed by atoms with Gasteiger partial charge in [0.25, 0.3) is 0 Å². The van der Waals surface area contributed by atoms with Gasteiger partial charge in [-0.15, -0.1) is 0 Å². The third kappa shape index (κ3) is 6.06. The molecule has 0 amide bonds. The fraction of sp³-hybridized carbons (Fsp3) is 0.867. The highest BCUT2D eigenvalue weighted by Crippen LogP contribution is 2.33. The summed E-state index contributed by atoms with van der Waals surface area (Å²) in [6.45, 7) is 7.95. The zero-order valence-corrected chi connectivity index (χ0v) is 14.1. The Hall–Kier alpha value is -0.863. The molecule has 20 heavy (non-hydrogen) atoms. The molecule has 0 aromatic carbocycles. The Kier molecular flexibility index (Phi) is 6.70. The minimum Gasteiger partial charge on any atom is -0.464 e. The Labute approximate surface area is 123 Å². The molecule has 4 nitrogen and oxygen atoms in total. The summed E-state index contributed by atoms with van der Waals surface area (Å²) in [6, 6.07) is 2.30. The van der Waals surface area contributed by atoms with Crippen molar-refractivity contribution in [1.82, 2.24) is 0 Å². The van der Waals surface area contributed by atoms with E-state index in [9.17, 15) is 10.1 Å². The van der Waals surface area contributed by atoms with Crippen LogP contribution in [0, 0.1) is 23.2 Å². The molecular weight excluding hydrogens is 270 g/mol. The van der Waals surface area contributed by atoms with E-state index in [0.29, 0.717) is 5.92 Å². The summed E-state index contributed by atoms with van der Waals surface area (Å²) in [5.41, 5.74) is 0. The molecule has 5 heteroatoms. The molecule has 0 aliphatic heterocycles. The van der Waals surface area contributed by atoms with Gasteiger partial charge < -0.3 is 9.16 Å². The van der Waals surface area contributed by atoms with Gasteiger partial charge in [-0.1, -0.05) is 19.3 Å². The second-order valence-electron chi connectivity index (χ2n) is 6.63. The Morgan fingerprint density at radius 2 is 1.90 bits per heavy atom. The highest BCUT2D eigenvalue weighted by molar-refractivity contribution is 6.69. The van der Waals surface area contributed by atoms with E-state index in [1.165, 1.54) is 26.2 Å². The number of carbonyl (C=O) groups is 1. The van der Waals surface area contributed by atoms with Gasteiger partial charge in [0, 0.05) is 6.92 Å². The van der Waals surface area contributed by atoms with Gasteiger partial charge in [-0.2, -0.15) is 5.26 Å². The first-order valence-corrected chi connectivity index (χ1v) is 10.9. The van der Waals surface area contributed by atoms with Crippen LogP contribution in [0.5, 0.6) is 0 Å². The molecule has 114 valence electrons. The number of nitrogens with zero attached hydrogens (tertiary/aromatic N) is 1. The van der Waals surface area contributed by atoms with Crippen molar-refractivity contribution in [2.24, 2.45) is 11.8 Å². The van der Waals surface area contributed by atoms with Gasteiger partial charge in [0.05, 0.1) is 12.2 Å². The molecule has 1 aliphatic carbocycles.